The summed E-state index contributed by atoms with van der Waals surface area (Å²) >= 11 is 0. The fourth-order valence-corrected chi connectivity index (χ4v) is 1.82. The second-order valence-electron chi connectivity index (χ2n) is 3.87. The minimum Gasteiger partial charge on any atom is -0.310 e. The monoisotopic (exact) mass is 228 g/mol. The highest BCUT2D eigenvalue weighted by Gasteiger charge is 2.45. The van der Waals surface area contributed by atoms with Crippen LogP contribution in [0.4, 0.5) is 14.5 Å². The molecule has 0 bridgehead atoms. The van der Waals surface area contributed by atoms with E-state index in [2.05, 4.69) is 5.32 Å². The van der Waals surface area contributed by atoms with Gasteiger partial charge in [-0.1, -0.05) is 0 Å². The van der Waals surface area contributed by atoms with Crippen LogP contribution in [0.15, 0.2) is 12.1 Å². The number of hydrogen-bond acceptors (Lipinski definition) is 3. The molecular formula is C10H10F2N2O2. The third-order valence-corrected chi connectivity index (χ3v) is 2.98. The Morgan fingerprint density at radius 2 is 2.00 bits per heavy atom. The maximum atomic E-state index is 13.6. The molecule has 0 aliphatic heterocycles. The van der Waals surface area contributed by atoms with E-state index in [1.54, 1.807) is 7.05 Å². The van der Waals surface area contributed by atoms with Crippen molar-refractivity contribution in [2.24, 2.45) is 0 Å². The molecule has 1 N–H and O–H groups in total. The van der Waals surface area contributed by atoms with Gasteiger partial charge < -0.3 is 5.32 Å². The molecule has 4 nitrogen and oxygen atoms in total. The summed E-state index contributed by atoms with van der Waals surface area (Å²) in [6.07, 6.45) is 1.41. The lowest BCUT2D eigenvalue weighted by Gasteiger charge is -2.15. The number of nitro benzene ring substituents is 1. The molecule has 0 atom stereocenters. The molecule has 0 amide bonds. The van der Waals surface area contributed by atoms with Gasteiger partial charge in [-0.25, -0.2) is 4.39 Å². The topological polar surface area (TPSA) is 55.2 Å². The Balaban J connectivity index is 2.50. The molecule has 1 aliphatic carbocycles. The predicted octanol–water partition coefficient (Wildman–Crippen LogP) is 2.08. The van der Waals surface area contributed by atoms with Crippen LogP contribution in [0.5, 0.6) is 0 Å². The second kappa shape index (κ2) is 3.48. The molecule has 86 valence electrons. The lowest BCUT2D eigenvalue weighted by molar-refractivity contribution is -0.387. The molecule has 1 aromatic rings. The van der Waals surface area contributed by atoms with Gasteiger partial charge in [0.25, 0.3) is 0 Å². The molecule has 1 fully saturated rings. The van der Waals surface area contributed by atoms with E-state index in [0.717, 1.165) is 6.07 Å². The average Bonchev–Trinajstić information content (AvgIpc) is 3.01. The minimum atomic E-state index is -0.997. The van der Waals surface area contributed by atoms with E-state index in [-0.39, 0.29) is 5.56 Å². The number of nitrogens with zero attached hydrogens (tertiary/aromatic N) is 1. The standard InChI is InChI=1S/C10H10F2N2O2/c1-13-10(2-3-10)6-4-8(12)9(14(15)16)5-7(6)11/h4-5,13H,2-3H2,1H3. The van der Waals surface area contributed by atoms with Crippen LogP contribution in [-0.2, 0) is 5.54 Å². The van der Waals surface area contributed by atoms with Gasteiger partial charge in [0.15, 0.2) is 0 Å². The van der Waals surface area contributed by atoms with Gasteiger partial charge in [-0.2, -0.15) is 4.39 Å². The van der Waals surface area contributed by atoms with Crippen molar-refractivity contribution in [2.45, 2.75) is 18.4 Å². The van der Waals surface area contributed by atoms with Crippen LogP contribution in [-0.4, -0.2) is 12.0 Å². The first-order valence-corrected chi connectivity index (χ1v) is 4.83. The Bertz CT molecular complexity index is 458. The molecule has 1 aromatic carbocycles. The Kier molecular flexibility index (Phi) is 2.38. The second-order valence-corrected chi connectivity index (χ2v) is 3.87. The zero-order chi connectivity index (χ0) is 11.9. The fraction of sp³-hybridized carbons (Fsp3) is 0.400. The van der Waals surface area contributed by atoms with E-state index in [4.69, 9.17) is 0 Å². The van der Waals surface area contributed by atoms with Gasteiger partial charge in [-0.15, -0.1) is 0 Å². The summed E-state index contributed by atoms with van der Waals surface area (Å²) < 4.78 is 26.9. The number of rotatable bonds is 3. The van der Waals surface area contributed by atoms with E-state index in [9.17, 15) is 18.9 Å². The average molecular weight is 228 g/mol. The third-order valence-electron chi connectivity index (χ3n) is 2.98. The molecule has 6 heteroatoms. The first-order chi connectivity index (χ1) is 7.50. The molecular weight excluding hydrogens is 218 g/mol. The maximum Gasteiger partial charge on any atom is 0.307 e. The zero-order valence-corrected chi connectivity index (χ0v) is 8.59. The summed E-state index contributed by atoms with van der Waals surface area (Å²) in [5.74, 6) is -1.73. The summed E-state index contributed by atoms with van der Waals surface area (Å²) in [5.41, 5.74) is -1.20. The summed E-state index contributed by atoms with van der Waals surface area (Å²) in [5, 5.41) is 13.3. The molecule has 2 rings (SSSR count). The van der Waals surface area contributed by atoms with Gasteiger partial charge in [0.2, 0.25) is 5.82 Å². The summed E-state index contributed by atoms with van der Waals surface area (Å²) in [4.78, 5) is 9.47. The molecule has 0 spiro atoms. The van der Waals surface area contributed by atoms with Crippen LogP contribution >= 0.6 is 0 Å². The maximum absolute atomic E-state index is 13.6. The van der Waals surface area contributed by atoms with Crippen LogP contribution in [0.3, 0.4) is 0 Å². The van der Waals surface area contributed by atoms with Crippen molar-refractivity contribution in [3.63, 3.8) is 0 Å². The number of nitro groups is 1. The van der Waals surface area contributed by atoms with Gasteiger partial charge in [0.05, 0.1) is 11.0 Å². The number of nitrogens with one attached hydrogen (secondary N) is 1. The van der Waals surface area contributed by atoms with Crippen molar-refractivity contribution in [2.75, 3.05) is 7.05 Å². The Hall–Kier alpha value is -1.56. The van der Waals surface area contributed by atoms with Gasteiger partial charge in [0.1, 0.15) is 5.82 Å². The van der Waals surface area contributed by atoms with Gasteiger partial charge >= 0.3 is 5.69 Å². The van der Waals surface area contributed by atoms with E-state index in [1.807, 2.05) is 0 Å². The van der Waals surface area contributed by atoms with Gasteiger partial charge in [0, 0.05) is 11.1 Å². The first-order valence-electron chi connectivity index (χ1n) is 4.83. The molecule has 0 radical (unpaired) electrons. The quantitative estimate of drug-likeness (QED) is 0.636. The lowest BCUT2D eigenvalue weighted by Crippen LogP contribution is -2.26. The largest absolute Gasteiger partial charge is 0.310 e. The van der Waals surface area contributed by atoms with E-state index < -0.39 is 27.8 Å². The van der Waals surface area contributed by atoms with E-state index in [1.165, 1.54) is 0 Å². The first kappa shape index (κ1) is 10.9. The molecule has 0 heterocycles. The zero-order valence-electron chi connectivity index (χ0n) is 8.59. The normalized spacial score (nSPS) is 17.2. The van der Waals surface area contributed by atoms with Gasteiger partial charge in [-0.05, 0) is 26.0 Å². The van der Waals surface area contributed by atoms with E-state index in [0.29, 0.717) is 18.9 Å². The van der Waals surface area contributed by atoms with Crippen molar-refractivity contribution in [3.05, 3.63) is 39.4 Å². The van der Waals surface area contributed by atoms with Crippen LogP contribution in [0.1, 0.15) is 18.4 Å². The van der Waals surface area contributed by atoms with Crippen molar-refractivity contribution < 1.29 is 13.7 Å². The highest BCUT2D eigenvalue weighted by Crippen LogP contribution is 2.46. The smallest absolute Gasteiger partial charge is 0.307 e. The molecule has 16 heavy (non-hydrogen) atoms. The van der Waals surface area contributed by atoms with Crippen molar-refractivity contribution in [1.29, 1.82) is 0 Å². The van der Waals surface area contributed by atoms with Crippen molar-refractivity contribution in [1.82, 2.24) is 5.32 Å². The number of benzene rings is 1. The lowest BCUT2D eigenvalue weighted by atomic mass is 10.0. The molecule has 1 saturated carbocycles. The Morgan fingerprint density at radius 1 is 1.38 bits per heavy atom. The SMILES string of the molecule is CNC1(c2cc(F)c([N+](=O)[O-])cc2F)CC1. The van der Waals surface area contributed by atoms with Crippen molar-refractivity contribution >= 4 is 5.69 Å². The highest BCUT2D eigenvalue weighted by molar-refractivity contribution is 5.41. The molecule has 1 aliphatic rings. The van der Waals surface area contributed by atoms with Crippen LogP contribution in [0.2, 0.25) is 0 Å². The number of halogens is 2. The Labute approximate surface area is 90.4 Å². The summed E-state index contributed by atoms with van der Waals surface area (Å²) in [7, 11) is 1.66. The third kappa shape index (κ3) is 1.55. The molecule has 0 unspecified atom stereocenters. The number of hydrogen-bond donors (Lipinski definition) is 1. The van der Waals surface area contributed by atoms with Crippen LogP contribution in [0.25, 0.3) is 0 Å². The fourth-order valence-electron chi connectivity index (χ4n) is 1.82. The van der Waals surface area contributed by atoms with Crippen LogP contribution in [0, 0.1) is 21.7 Å². The minimum absolute atomic E-state index is 0.165. The summed E-state index contributed by atoms with van der Waals surface area (Å²) in [6, 6.07) is 1.55. The van der Waals surface area contributed by atoms with Crippen LogP contribution < -0.4 is 5.32 Å². The van der Waals surface area contributed by atoms with Gasteiger partial charge in [-0.3, -0.25) is 10.1 Å². The summed E-state index contributed by atoms with van der Waals surface area (Å²) in [6.45, 7) is 0. The van der Waals surface area contributed by atoms with E-state index >= 15 is 0 Å². The molecule has 0 saturated heterocycles. The highest BCUT2D eigenvalue weighted by atomic mass is 19.1. The molecule has 0 aromatic heterocycles. The van der Waals surface area contributed by atoms with Crippen molar-refractivity contribution in [3.8, 4) is 0 Å². The Morgan fingerprint density at radius 3 is 2.44 bits per heavy atom. The predicted molar refractivity (Wildman–Crippen MR) is 53.0 cm³/mol.